The minimum absolute atomic E-state index is 0.00658. The zero-order chi connectivity index (χ0) is 14.9. The first-order valence-electron chi connectivity index (χ1n) is 5.64. The second kappa shape index (κ2) is 5.00. The number of phenolic OH excluding ortho intramolecular Hbond substituents is 4. The molecule has 2 rings (SSSR count). The molecule has 0 unspecified atom stereocenters. The number of phenols is 4. The van der Waals surface area contributed by atoms with Gasteiger partial charge < -0.3 is 25.2 Å². The lowest BCUT2D eigenvalue weighted by Gasteiger charge is -2.11. The van der Waals surface area contributed by atoms with Crippen molar-refractivity contribution in [1.29, 1.82) is 0 Å². The molecule has 4 N–H and O–H groups in total. The van der Waals surface area contributed by atoms with Crippen LogP contribution in [0.2, 0.25) is 0 Å². The number of aromatic hydroxyl groups is 4. The Bertz CT molecular complexity index is 634. The molecule has 2 aromatic rings. The van der Waals surface area contributed by atoms with Gasteiger partial charge in [0.25, 0.3) is 0 Å². The van der Waals surface area contributed by atoms with Gasteiger partial charge in [0.05, 0.1) is 5.56 Å². The van der Waals surface area contributed by atoms with E-state index in [4.69, 9.17) is 4.74 Å². The zero-order valence-electron chi connectivity index (χ0n) is 10.5. The van der Waals surface area contributed by atoms with Gasteiger partial charge in [-0.3, -0.25) is 4.79 Å². The van der Waals surface area contributed by atoms with Gasteiger partial charge in [-0.1, -0.05) is 0 Å². The van der Waals surface area contributed by atoms with Gasteiger partial charge in [0.15, 0.2) is 0 Å². The molecule has 0 radical (unpaired) electrons. The molecule has 0 amide bonds. The van der Waals surface area contributed by atoms with Crippen LogP contribution in [0.15, 0.2) is 30.3 Å². The predicted octanol–water partition coefficient (Wildman–Crippen LogP) is 2.10. The third-order valence-electron chi connectivity index (χ3n) is 2.52. The van der Waals surface area contributed by atoms with E-state index in [1.165, 1.54) is 19.1 Å². The number of rotatable bonds is 2. The maximum Gasteiger partial charge on any atom is 0.308 e. The molecule has 0 saturated heterocycles. The quantitative estimate of drug-likeness (QED) is 0.494. The average molecular weight is 276 g/mol. The van der Waals surface area contributed by atoms with Gasteiger partial charge in [-0.2, -0.15) is 0 Å². The van der Waals surface area contributed by atoms with Crippen molar-refractivity contribution in [3.63, 3.8) is 0 Å². The second-order valence-electron chi connectivity index (χ2n) is 4.17. The predicted molar refractivity (Wildman–Crippen MR) is 69.8 cm³/mol. The van der Waals surface area contributed by atoms with Crippen LogP contribution >= 0.6 is 0 Å². The SMILES string of the molecule is CC(=O)Oc1cc(O)c(-c2cc(O)cc(O)c2)c(O)c1. The highest BCUT2D eigenvalue weighted by Crippen LogP contribution is 2.42. The molecule has 0 atom stereocenters. The van der Waals surface area contributed by atoms with Gasteiger partial charge in [0, 0.05) is 25.1 Å². The van der Waals surface area contributed by atoms with Crippen LogP contribution in [0, 0.1) is 0 Å². The summed E-state index contributed by atoms with van der Waals surface area (Å²) < 4.78 is 4.76. The van der Waals surface area contributed by atoms with E-state index in [9.17, 15) is 25.2 Å². The molecule has 0 bridgehead atoms. The molecule has 104 valence electrons. The Labute approximate surface area is 114 Å². The number of esters is 1. The summed E-state index contributed by atoms with van der Waals surface area (Å²) in [6, 6.07) is 5.94. The first-order valence-corrected chi connectivity index (χ1v) is 5.64. The van der Waals surface area contributed by atoms with Crippen molar-refractivity contribution in [2.75, 3.05) is 0 Å². The molecule has 6 nitrogen and oxygen atoms in total. The van der Waals surface area contributed by atoms with E-state index < -0.39 is 5.97 Å². The fraction of sp³-hybridized carbons (Fsp3) is 0.0714. The summed E-state index contributed by atoms with van der Waals surface area (Å²) in [5.41, 5.74) is 0.221. The lowest BCUT2D eigenvalue weighted by atomic mass is 10.0. The number of hydrogen-bond acceptors (Lipinski definition) is 6. The highest BCUT2D eigenvalue weighted by Gasteiger charge is 2.15. The van der Waals surface area contributed by atoms with Crippen LogP contribution in [0.4, 0.5) is 0 Å². The molecule has 0 fully saturated rings. The molecule has 0 aliphatic carbocycles. The highest BCUT2D eigenvalue weighted by atomic mass is 16.5. The van der Waals surface area contributed by atoms with Crippen LogP contribution in [-0.4, -0.2) is 26.4 Å². The molecule has 0 saturated carbocycles. The van der Waals surface area contributed by atoms with Crippen molar-refractivity contribution in [1.82, 2.24) is 0 Å². The fourth-order valence-electron chi connectivity index (χ4n) is 1.85. The summed E-state index contributed by atoms with van der Waals surface area (Å²) in [4.78, 5) is 10.8. The fourth-order valence-corrected chi connectivity index (χ4v) is 1.85. The summed E-state index contributed by atoms with van der Waals surface area (Å²) in [6.07, 6.45) is 0. The van der Waals surface area contributed by atoms with E-state index in [1.54, 1.807) is 0 Å². The number of ether oxygens (including phenoxy) is 1. The van der Waals surface area contributed by atoms with Gasteiger partial charge in [0.1, 0.15) is 28.7 Å². The summed E-state index contributed by atoms with van der Waals surface area (Å²) >= 11 is 0. The zero-order valence-corrected chi connectivity index (χ0v) is 10.5. The first kappa shape index (κ1) is 13.5. The van der Waals surface area contributed by atoms with Crippen molar-refractivity contribution in [2.24, 2.45) is 0 Å². The average Bonchev–Trinajstić information content (AvgIpc) is 2.24. The van der Waals surface area contributed by atoms with E-state index in [0.717, 1.165) is 18.2 Å². The van der Waals surface area contributed by atoms with Crippen LogP contribution in [0.25, 0.3) is 11.1 Å². The Morgan fingerprint density at radius 2 is 1.40 bits per heavy atom. The number of carbonyl (C=O) groups is 1. The smallest absolute Gasteiger partial charge is 0.308 e. The minimum atomic E-state index is -0.591. The number of hydrogen-bond donors (Lipinski definition) is 4. The van der Waals surface area contributed by atoms with E-state index in [1.807, 2.05) is 0 Å². The van der Waals surface area contributed by atoms with E-state index >= 15 is 0 Å². The molecular weight excluding hydrogens is 264 g/mol. The summed E-state index contributed by atoms with van der Waals surface area (Å²) in [5, 5.41) is 38.6. The largest absolute Gasteiger partial charge is 0.508 e. The van der Waals surface area contributed by atoms with Crippen molar-refractivity contribution in [3.05, 3.63) is 30.3 Å². The molecule has 2 aromatic carbocycles. The normalized spacial score (nSPS) is 10.2. The van der Waals surface area contributed by atoms with Gasteiger partial charge in [0.2, 0.25) is 0 Å². The second-order valence-corrected chi connectivity index (χ2v) is 4.17. The Morgan fingerprint density at radius 1 is 0.900 bits per heavy atom. The van der Waals surface area contributed by atoms with Gasteiger partial charge in [-0.05, 0) is 17.7 Å². The molecular formula is C14H12O6. The summed E-state index contributed by atoms with van der Waals surface area (Å²) in [5.74, 6) is -1.75. The molecule has 0 aliphatic rings. The van der Waals surface area contributed by atoms with E-state index in [0.29, 0.717) is 0 Å². The van der Waals surface area contributed by atoms with Gasteiger partial charge >= 0.3 is 5.97 Å². The molecule has 6 heteroatoms. The third kappa shape index (κ3) is 2.74. The van der Waals surface area contributed by atoms with Gasteiger partial charge in [-0.25, -0.2) is 0 Å². The maximum absolute atomic E-state index is 10.8. The van der Waals surface area contributed by atoms with Crippen molar-refractivity contribution in [3.8, 4) is 39.9 Å². The lowest BCUT2D eigenvalue weighted by molar-refractivity contribution is -0.131. The minimum Gasteiger partial charge on any atom is -0.508 e. The Hall–Kier alpha value is -2.89. The number of carbonyl (C=O) groups excluding carboxylic acids is 1. The third-order valence-corrected chi connectivity index (χ3v) is 2.52. The van der Waals surface area contributed by atoms with Crippen LogP contribution < -0.4 is 4.74 Å². The molecule has 0 heterocycles. The standard InChI is InChI=1S/C14H12O6/c1-7(15)20-11-5-12(18)14(13(19)6-11)8-2-9(16)4-10(17)3-8/h2-6,16-19H,1H3. The van der Waals surface area contributed by atoms with Crippen LogP contribution in [-0.2, 0) is 4.79 Å². The Morgan fingerprint density at radius 3 is 1.85 bits per heavy atom. The highest BCUT2D eigenvalue weighted by molar-refractivity contribution is 5.80. The van der Waals surface area contributed by atoms with Gasteiger partial charge in [-0.15, -0.1) is 0 Å². The van der Waals surface area contributed by atoms with E-state index in [-0.39, 0.29) is 39.9 Å². The number of benzene rings is 2. The molecule has 0 aromatic heterocycles. The van der Waals surface area contributed by atoms with Crippen LogP contribution in [0.1, 0.15) is 6.92 Å². The van der Waals surface area contributed by atoms with Crippen molar-refractivity contribution in [2.45, 2.75) is 6.92 Å². The Kier molecular flexibility index (Phi) is 3.39. The molecule has 0 aliphatic heterocycles. The summed E-state index contributed by atoms with van der Waals surface area (Å²) in [7, 11) is 0. The topological polar surface area (TPSA) is 107 Å². The summed E-state index contributed by atoms with van der Waals surface area (Å²) in [6.45, 7) is 1.19. The van der Waals surface area contributed by atoms with E-state index in [2.05, 4.69) is 0 Å². The van der Waals surface area contributed by atoms with Crippen molar-refractivity contribution < 1.29 is 30.0 Å². The van der Waals surface area contributed by atoms with Crippen LogP contribution in [0.5, 0.6) is 28.7 Å². The molecule has 0 spiro atoms. The Balaban J connectivity index is 2.54. The van der Waals surface area contributed by atoms with Crippen LogP contribution in [0.3, 0.4) is 0 Å². The molecule has 20 heavy (non-hydrogen) atoms. The monoisotopic (exact) mass is 276 g/mol. The first-order chi connectivity index (χ1) is 9.36. The lowest BCUT2D eigenvalue weighted by Crippen LogP contribution is -2.01. The van der Waals surface area contributed by atoms with Crippen molar-refractivity contribution >= 4 is 5.97 Å². The maximum atomic E-state index is 10.8.